The van der Waals surface area contributed by atoms with Crippen LogP contribution in [0.4, 0.5) is 11.4 Å². The average molecular weight is 269 g/mol. The van der Waals surface area contributed by atoms with Gasteiger partial charge in [-0.2, -0.15) is 0 Å². The molecule has 1 aromatic rings. The van der Waals surface area contributed by atoms with E-state index in [9.17, 15) is 8.42 Å². The molecule has 6 nitrogen and oxygen atoms in total. The van der Waals surface area contributed by atoms with E-state index in [2.05, 4.69) is 16.1 Å². The van der Waals surface area contributed by atoms with Crippen LogP contribution in [0.5, 0.6) is 0 Å². The van der Waals surface area contributed by atoms with E-state index in [1.54, 1.807) is 0 Å². The summed E-state index contributed by atoms with van der Waals surface area (Å²) in [4.78, 5) is 5.37. The summed E-state index contributed by atoms with van der Waals surface area (Å²) in [6.07, 6.45) is 0.212. The first kappa shape index (κ1) is 11.8. The predicted octanol–water partition coefficient (Wildman–Crippen LogP) is 0.516. The number of hydrogen-bond acceptors (Lipinski definition) is 6. The third-order valence-corrected chi connectivity index (χ3v) is 4.89. The van der Waals surface area contributed by atoms with Gasteiger partial charge in [0.05, 0.1) is 22.9 Å². The Morgan fingerprint density at radius 2 is 2.06 bits per heavy atom. The maximum absolute atomic E-state index is 11.4. The van der Waals surface area contributed by atoms with Gasteiger partial charge in [-0.05, 0) is 18.6 Å². The van der Waals surface area contributed by atoms with Crippen LogP contribution in [-0.2, 0) is 14.7 Å². The second-order valence-corrected chi connectivity index (χ2v) is 6.79. The van der Waals surface area contributed by atoms with Crippen molar-refractivity contribution in [2.75, 3.05) is 22.3 Å². The first-order chi connectivity index (χ1) is 8.62. The molecule has 0 aromatic heterocycles. The van der Waals surface area contributed by atoms with Gasteiger partial charge in [0.25, 0.3) is 0 Å². The Morgan fingerprint density at radius 1 is 1.28 bits per heavy atom. The number of fused-ring (bicyclic) bond motifs is 1. The molecule has 0 amide bonds. The van der Waals surface area contributed by atoms with E-state index in [1.165, 1.54) is 0 Å². The van der Waals surface area contributed by atoms with Gasteiger partial charge in [-0.3, -0.25) is 10.8 Å². The van der Waals surface area contributed by atoms with Gasteiger partial charge in [-0.25, -0.2) is 13.3 Å². The first-order valence-corrected chi connectivity index (χ1v) is 7.68. The maximum atomic E-state index is 11.4. The topological polar surface area (TPSA) is 79.5 Å². The van der Waals surface area contributed by atoms with Crippen molar-refractivity contribution in [3.63, 3.8) is 0 Å². The molecule has 2 aliphatic rings. The Bertz CT molecular complexity index is 546. The third kappa shape index (κ3) is 2.43. The van der Waals surface area contributed by atoms with E-state index in [1.807, 2.05) is 24.3 Å². The molecule has 98 valence electrons. The first-order valence-electron chi connectivity index (χ1n) is 5.86. The van der Waals surface area contributed by atoms with Gasteiger partial charge < -0.3 is 5.32 Å². The van der Waals surface area contributed by atoms with Crippen molar-refractivity contribution < 1.29 is 13.3 Å². The molecule has 0 aliphatic carbocycles. The van der Waals surface area contributed by atoms with E-state index in [4.69, 9.17) is 4.84 Å². The average Bonchev–Trinajstić information content (AvgIpc) is 2.68. The van der Waals surface area contributed by atoms with Gasteiger partial charge in [-0.1, -0.05) is 12.1 Å². The van der Waals surface area contributed by atoms with E-state index < -0.39 is 16.2 Å². The van der Waals surface area contributed by atoms with Crippen molar-refractivity contribution in [2.45, 2.75) is 18.8 Å². The van der Waals surface area contributed by atoms with Crippen LogP contribution in [0.2, 0.25) is 0 Å². The predicted molar refractivity (Wildman–Crippen MR) is 68.8 cm³/mol. The van der Waals surface area contributed by atoms with Crippen molar-refractivity contribution >= 4 is 21.2 Å². The quantitative estimate of drug-likeness (QED) is 0.726. The van der Waals surface area contributed by atoms with Gasteiger partial charge in [-0.15, -0.1) is 0 Å². The molecule has 0 spiro atoms. The summed E-state index contributed by atoms with van der Waals surface area (Å²) in [5.41, 5.74) is 4.64. The minimum absolute atomic E-state index is 0.0560. The number of rotatable bonds is 2. The van der Waals surface area contributed by atoms with Crippen LogP contribution < -0.4 is 16.1 Å². The molecular formula is C11H15N3O3S. The molecule has 3 rings (SSSR count). The van der Waals surface area contributed by atoms with Crippen LogP contribution in [0.3, 0.4) is 0 Å². The molecule has 1 saturated heterocycles. The second-order valence-electron chi connectivity index (χ2n) is 4.56. The van der Waals surface area contributed by atoms with Gasteiger partial charge in [0.1, 0.15) is 0 Å². The van der Waals surface area contributed by atoms with Gasteiger partial charge >= 0.3 is 0 Å². The summed E-state index contributed by atoms with van der Waals surface area (Å²) in [7, 11) is -2.87. The number of anilines is 2. The Balaban J connectivity index is 1.63. The minimum Gasteiger partial charge on any atom is -0.344 e. The molecule has 1 aromatic carbocycles. The fraction of sp³-hybridized carbons (Fsp3) is 0.455. The summed E-state index contributed by atoms with van der Waals surface area (Å²) in [5.74, 6) is 0.428. The highest BCUT2D eigenvalue weighted by molar-refractivity contribution is 7.91. The number of benzene rings is 1. The summed E-state index contributed by atoms with van der Waals surface area (Å²) < 4.78 is 22.7. The van der Waals surface area contributed by atoms with Crippen LogP contribution in [0, 0.1) is 0 Å². The van der Waals surface area contributed by atoms with Crippen molar-refractivity contribution in [3.8, 4) is 0 Å². The van der Waals surface area contributed by atoms with Gasteiger partial charge in [0.15, 0.2) is 9.84 Å². The monoisotopic (exact) mass is 269 g/mol. The van der Waals surface area contributed by atoms with E-state index in [0.717, 1.165) is 11.4 Å². The smallest absolute Gasteiger partial charge is 0.209 e. The highest BCUT2D eigenvalue weighted by Crippen LogP contribution is 2.25. The van der Waals surface area contributed by atoms with E-state index >= 15 is 0 Å². The molecule has 3 N–H and O–H groups in total. The highest BCUT2D eigenvalue weighted by atomic mass is 32.2. The van der Waals surface area contributed by atoms with Crippen molar-refractivity contribution in [2.24, 2.45) is 0 Å². The summed E-state index contributed by atoms with van der Waals surface area (Å²) in [6, 6.07) is 7.62. The van der Waals surface area contributed by atoms with Crippen molar-refractivity contribution in [1.29, 1.82) is 0 Å². The number of sulfone groups is 1. The maximum Gasteiger partial charge on any atom is 0.209 e. The molecule has 0 unspecified atom stereocenters. The fourth-order valence-corrected chi connectivity index (χ4v) is 3.89. The molecule has 2 aliphatic heterocycles. The molecule has 2 heterocycles. The lowest BCUT2D eigenvalue weighted by molar-refractivity contribution is 0.0798. The van der Waals surface area contributed by atoms with E-state index in [-0.39, 0.29) is 17.5 Å². The van der Waals surface area contributed by atoms with Gasteiger partial charge in [0, 0.05) is 6.04 Å². The Labute approximate surface area is 106 Å². The molecule has 1 fully saturated rings. The van der Waals surface area contributed by atoms with Gasteiger partial charge in [0.2, 0.25) is 6.35 Å². The summed E-state index contributed by atoms with van der Waals surface area (Å²) in [5, 5.41) is 6.30. The lowest BCUT2D eigenvalue weighted by Crippen LogP contribution is -2.48. The number of hydrogen-bond donors (Lipinski definition) is 3. The number of para-hydroxylation sites is 2. The molecule has 18 heavy (non-hydrogen) atoms. The SMILES string of the molecule is O=S1(=O)CC[C@H](N[C@H]2Nc3ccccc3NO2)C1. The molecule has 0 saturated carbocycles. The fourth-order valence-electron chi connectivity index (χ4n) is 2.21. The lowest BCUT2D eigenvalue weighted by atomic mass is 10.2. The zero-order valence-corrected chi connectivity index (χ0v) is 10.5. The standard InChI is InChI=1S/C11H15N3O3S/c15-18(16)6-5-8(7-18)12-11-13-9-3-1-2-4-10(9)14-17-11/h1-4,8,11-14H,5-7H2/t8-,11-/m0/s1. The van der Waals surface area contributed by atoms with Crippen LogP contribution in [0.25, 0.3) is 0 Å². The molecule has 7 heteroatoms. The van der Waals surface area contributed by atoms with Crippen molar-refractivity contribution in [3.05, 3.63) is 24.3 Å². The molecule has 2 atom stereocenters. The van der Waals surface area contributed by atoms with Crippen LogP contribution >= 0.6 is 0 Å². The summed E-state index contributed by atoms with van der Waals surface area (Å²) in [6.45, 7) is 0. The summed E-state index contributed by atoms with van der Waals surface area (Å²) >= 11 is 0. The number of nitrogens with one attached hydrogen (secondary N) is 3. The zero-order valence-electron chi connectivity index (χ0n) is 9.72. The second kappa shape index (κ2) is 4.42. The van der Waals surface area contributed by atoms with E-state index in [0.29, 0.717) is 6.42 Å². The Hall–Kier alpha value is -1.31. The van der Waals surface area contributed by atoms with Crippen LogP contribution in [-0.4, -0.2) is 32.3 Å². The molecule has 0 radical (unpaired) electrons. The van der Waals surface area contributed by atoms with Crippen LogP contribution in [0.15, 0.2) is 24.3 Å². The molecular weight excluding hydrogens is 254 g/mol. The van der Waals surface area contributed by atoms with Crippen molar-refractivity contribution in [1.82, 2.24) is 5.32 Å². The normalized spacial score (nSPS) is 29.1. The molecule has 0 bridgehead atoms. The minimum atomic E-state index is -2.87. The van der Waals surface area contributed by atoms with Crippen LogP contribution in [0.1, 0.15) is 6.42 Å². The Morgan fingerprint density at radius 3 is 2.78 bits per heavy atom. The highest BCUT2D eigenvalue weighted by Gasteiger charge is 2.30. The lowest BCUT2D eigenvalue weighted by Gasteiger charge is -2.29. The zero-order chi connectivity index (χ0) is 12.6. The largest absolute Gasteiger partial charge is 0.344 e. The third-order valence-electron chi connectivity index (χ3n) is 3.12. The Kier molecular flexibility index (Phi) is 2.89.